The molecule has 1 saturated carbocycles. The van der Waals surface area contributed by atoms with E-state index in [1.807, 2.05) is 12.1 Å². The standard InChI is InChI=1S/C24H33N7O2/c1-24(2,25)21-18-14-29(15-19(18)21)13-16-3-5-17(6-4-16)31-10-7-20(28-23(31)33)27-22(32)30-11-8-26-9-12-30/h3-7,10,18-19,21,26H,8-9,11-15,25H2,1-2H3,(H,27,28,32,33)/t18-,19+,21+. The molecule has 2 amide bonds. The van der Waals surface area contributed by atoms with E-state index in [-0.39, 0.29) is 17.4 Å². The van der Waals surface area contributed by atoms with Crippen molar-refractivity contribution >= 4 is 11.8 Å². The van der Waals surface area contributed by atoms with Crippen LogP contribution < -0.4 is 22.1 Å². The van der Waals surface area contributed by atoms with Crippen molar-refractivity contribution in [2.45, 2.75) is 25.9 Å². The van der Waals surface area contributed by atoms with Crippen LogP contribution in [0.5, 0.6) is 0 Å². The topological polar surface area (TPSA) is 109 Å². The number of urea groups is 1. The number of fused-ring (bicyclic) bond motifs is 1. The van der Waals surface area contributed by atoms with Gasteiger partial charge in [-0.1, -0.05) is 12.1 Å². The normalized spacial score (nSPS) is 25.1. The molecule has 2 aliphatic heterocycles. The average molecular weight is 452 g/mol. The summed E-state index contributed by atoms with van der Waals surface area (Å²) in [5.41, 5.74) is 7.79. The first kappa shape index (κ1) is 22.1. The Kier molecular flexibility index (Phi) is 5.72. The summed E-state index contributed by atoms with van der Waals surface area (Å²) in [6.45, 7) is 10.2. The van der Waals surface area contributed by atoms with E-state index in [9.17, 15) is 9.59 Å². The number of piperidine rings is 1. The SMILES string of the molecule is CC(C)(N)[C@H]1[C@@H]2CN(Cc3ccc(-n4ccc(NC(=O)N5CCNCC5)nc4=O)cc3)C[C@@H]21. The Balaban J connectivity index is 1.18. The zero-order valence-electron chi connectivity index (χ0n) is 19.3. The number of amides is 2. The van der Waals surface area contributed by atoms with Gasteiger partial charge in [-0.05, 0) is 55.4 Å². The van der Waals surface area contributed by atoms with Gasteiger partial charge in [0.1, 0.15) is 5.82 Å². The number of nitrogens with one attached hydrogen (secondary N) is 2. The molecule has 3 heterocycles. The van der Waals surface area contributed by atoms with Gasteiger partial charge in [0.05, 0.1) is 5.69 Å². The highest BCUT2D eigenvalue weighted by Crippen LogP contribution is 2.56. The predicted molar refractivity (Wildman–Crippen MR) is 127 cm³/mol. The molecule has 33 heavy (non-hydrogen) atoms. The van der Waals surface area contributed by atoms with Crippen molar-refractivity contribution in [1.29, 1.82) is 0 Å². The van der Waals surface area contributed by atoms with E-state index >= 15 is 0 Å². The van der Waals surface area contributed by atoms with E-state index in [4.69, 9.17) is 5.73 Å². The smallest absolute Gasteiger partial charge is 0.325 e. The molecule has 1 aromatic carbocycles. The number of hydrogen-bond acceptors (Lipinski definition) is 6. The second-order valence-electron chi connectivity index (χ2n) is 10.2. The van der Waals surface area contributed by atoms with Crippen LogP contribution in [0.1, 0.15) is 19.4 Å². The number of carbonyl (C=O) groups is 1. The Morgan fingerprint density at radius 3 is 2.42 bits per heavy atom. The minimum atomic E-state index is -0.420. The maximum absolute atomic E-state index is 12.6. The van der Waals surface area contributed by atoms with Gasteiger partial charge in [-0.2, -0.15) is 4.98 Å². The number of likely N-dealkylation sites (tertiary alicyclic amines) is 1. The van der Waals surface area contributed by atoms with Gasteiger partial charge in [0.15, 0.2) is 0 Å². The van der Waals surface area contributed by atoms with E-state index in [1.165, 1.54) is 10.1 Å². The summed E-state index contributed by atoms with van der Waals surface area (Å²) in [6.07, 6.45) is 1.65. The summed E-state index contributed by atoms with van der Waals surface area (Å²) in [7, 11) is 0. The lowest BCUT2D eigenvalue weighted by Gasteiger charge is -2.27. The van der Waals surface area contributed by atoms with Gasteiger partial charge in [0.2, 0.25) is 0 Å². The van der Waals surface area contributed by atoms with Crippen LogP contribution >= 0.6 is 0 Å². The highest BCUT2D eigenvalue weighted by Gasteiger charge is 2.60. The number of hydrogen-bond donors (Lipinski definition) is 3. The Hall–Kier alpha value is -2.75. The Labute approximate surface area is 194 Å². The summed E-state index contributed by atoms with van der Waals surface area (Å²) in [6, 6.07) is 9.44. The number of nitrogens with two attached hydrogens (primary N) is 1. The Morgan fingerprint density at radius 1 is 1.15 bits per heavy atom. The molecule has 0 bridgehead atoms. The van der Waals surface area contributed by atoms with Crippen molar-refractivity contribution in [2.24, 2.45) is 23.5 Å². The molecule has 0 spiro atoms. The summed E-state index contributed by atoms with van der Waals surface area (Å²) in [5, 5.41) is 5.93. The van der Waals surface area contributed by atoms with Crippen molar-refractivity contribution in [3.05, 3.63) is 52.6 Å². The Morgan fingerprint density at radius 2 is 1.82 bits per heavy atom. The van der Waals surface area contributed by atoms with Crippen molar-refractivity contribution in [1.82, 2.24) is 24.7 Å². The van der Waals surface area contributed by atoms with Gasteiger partial charge in [-0.25, -0.2) is 9.59 Å². The molecule has 176 valence electrons. The first-order valence-corrected chi connectivity index (χ1v) is 11.8. The van der Waals surface area contributed by atoms with Gasteiger partial charge >= 0.3 is 11.7 Å². The van der Waals surface area contributed by atoms with Crippen LogP contribution in [0.3, 0.4) is 0 Å². The first-order valence-electron chi connectivity index (χ1n) is 11.8. The molecule has 2 saturated heterocycles. The zero-order chi connectivity index (χ0) is 23.2. The fourth-order valence-electron chi connectivity index (χ4n) is 5.59. The number of rotatable bonds is 5. The van der Waals surface area contributed by atoms with E-state index in [1.54, 1.807) is 17.2 Å². The third kappa shape index (κ3) is 4.66. The monoisotopic (exact) mass is 451 g/mol. The molecule has 1 aliphatic carbocycles. The van der Waals surface area contributed by atoms with E-state index in [2.05, 4.69) is 46.5 Å². The van der Waals surface area contributed by atoms with Gasteiger partial charge in [-0.15, -0.1) is 0 Å². The molecule has 3 fully saturated rings. The van der Waals surface area contributed by atoms with Crippen molar-refractivity contribution in [3.8, 4) is 5.69 Å². The predicted octanol–water partition coefficient (Wildman–Crippen LogP) is 1.08. The van der Waals surface area contributed by atoms with E-state index in [0.29, 0.717) is 19.0 Å². The van der Waals surface area contributed by atoms with Crippen molar-refractivity contribution in [3.63, 3.8) is 0 Å². The van der Waals surface area contributed by atoms with Crippen LogP contribution in [0.4, 0.5) is 10.6 Å². The average Bonchev–Trinajstić information content (AvgIpc) is 3.33. The van der Waals surface area contributed by atoms with Gasteiger partial charge in [0.25, 0.3) is 0 Å². The molecule has 1 aromatic heterocycles. The van der Waals surface area contributed by atoms with Gasteiger partial charge < -0.3 is 16.0 Å². The molecule has 0 unspecified atom stereocenters. The highest BCUT2D eigenvalue weighted by atomic mass is 16.2. The van der Waals surface area contributed by atoms with Crippen molar-refractivity contribution < 1.29 is 4.79 Å². The fraction of sp³-hybridized carbons (Fsp3) is 0.542. The van der Waals surface area contributed by atoms with Crippen LogP contribution in [0.15, 0.2) is 41.3 Å². The lowest BCUT2D eigenvalue weighted by Crippen LogP contribution is -2.48. The molecular formula is C24H33N7O2. The lowest BCUT2D eigenvalue weighted by atomic mass is 9.96. The molecule has 4 N–H and O–H groups in total. The number of nitrogens with zero attached hydrogens (tertiary/aromatic N) is 4. The maximum Gasteiger partial charge on any atom is 0.354 e. The first-order chi connectivity index (χ1) is 15.8. The van der Waals surface area contributed by atoms with E-state index < -0.39 is 5.69 Å². The largest absolute Gasteiger partial charge is 0.354 e. The van der Waals surface area contributed by atoms with E-state index in [0.717, 1.165) is 50.2 Å². The second-order valence-corrected chi connectivity index (χ2v) is 10.2. The summed E-state index contributed by atoms with van der Waals surface area (Å²) in [4.78, 5) is 33.2. The van der Waals surface area contributed by atoms with Crippen molar-refractivity contribution in [2.75, 3.05) is 44.6 Å². The Bertz CT molecular complexity index is 1060. The highest BCUT2D eigenvalue weighted by molar-refractivity contribution is 5.88. The molecule has 9 nitrogen and oxygen atoms in total. The number of benzene rings is 1. The number of aromatic nitrogens is 2. The third-order valence-electron chi connectivity index (χ3n) is 7.19. The maximum atomic E-state index is 12.6. The van der Waals surface area contributed by atoms with Gasteiger partial charge in [-0.3, -0.25) is 14.8 Å². The van der Waals surface area contributed by atoms with Gasteiger partial charge in [0, 0.05) is 57.5 Å². The number of piperazine rings is 1. The third-order valence-corrected chi connectivity index (χ3v) is 7.19. The lowest BCUT2D eigenvalue weighted by molar-refractivity contribution is 0.204. The summed E-state index contributed by atoms with van der Waals surface area (Å²) < 4.78 is 1.49. The summed E-state index contributed by atoms with van der Waals surface area (Å²) >= 11 is 0. The number of carbonyl (C=O) groups excluding carboxylic acids is 1. The molecule has 3 aliphatic rings. The van der Waals surface area contributed by atoms with Crippen LogP contribution in [0.25, 0.3) is 5.69 Å². The zero-order valence-corrected chi connectivity index (χ0v) is 19.3. The molecule has 3 atom stereocenters. The molecular weight excluding hydrogens is 418 g/mol. The fourth-order valence-corrected chi connectivity index (χ4v) is 5.59. The quantitative estimate of drug-likeness (QED) is 0.628. The number of anilines is 1. The second kappa shape index (κ2) is 8.55. The van der Waals surface area contributed by atoms with Crippen LogP contribution in [-0.2, 0) is 6.54 Å². The van der Waals surface area contributed by atoms with Crippen LogP contribution in [0.2, 0.25) is 0 Å². The summed E-state index contributed by atoms with van der Waals surface area (Å²) in [5.74, 6) is 2.39. The molecule has 9 heteroatoms. The molecule has 2 aromatic rings. The van der Waals surface area contributed by atoms with Crippen LogP contribution in [-0.4, -0.2) is 70.2 Å². The molecule has 5 rings (SSSR count). The molecule has 0 radical (unpaired) electrons. The minimum Gasteiger partial charge on any atom is -0.325 e. The minimum absolute atomic E-state index is 0.0756. The van der Waals surface area contributed by atoms with Crippen LogP contribution in [0, 0.1) is 17.8 Å².